The molecule has 0 saturated heterocycles. The Hall–Kier alpha value is -0.830. The van der Waals surface area contributed by atoms with Crippen molar-refractivity contribution < 1.29 is 0 Å². The lowest BCUT2D eigenvalue weighted by atomic mass is 10.1. The summed E-state index contributed by atoms with van der Waals surface area (Å²) in [6.45, 7) is 2.21. The van der Waals surface area contributed by atoms with Gasteiger partial charge in [0.2, 0.25) is 0 Å². The monoisotopic (exact) mass is 177 g/mol. The van der Waals surface area contributed by atoms with Gasteiger partial charge in [0.1, 0.15) is 0 Å². The molecule has 0 bridgehead atoms. The fourth-order valence-corrected chi connectivity index (χ4v) is 2.15. The number of rotatable bonds is 1. The van der Waals surface area contributed by atoms with Crippen LogP contribution < -0.4 is 5.32 Å². The standard InChI is InChI=1S/C10H15N3/c1-2-7(1)10-8-3-5-11-6-4-9(8)12-13-10/h7,11H,1-6H2,(H,12,13). The highest BCUT2D eigenvalue weighted by Gasteiger charge is 2.30. The third-order valence-corrected chi connectivity index (χ3v) is 3.05. The summed E-state index contributed by atoms with van der Waals surface area (Å²) in [7, 11) is 0. The van der Waals surface area contributed by atoms with Crippen molar-refractivity contribution in [2.45, 2.75) is 31.6 Å². The molecular formula is C10H15N3. The van der Waals surface area contributed by atoms with Crippen LogP contribution in [0.1, 0.15) is 35.7 Å². The molecule has 3 heteroatoms. The first kappa shape index (κ1) is 7.56. The fraction of sp³-hybridized carbons (Fsp3) is 0.700. The van der Waals surface area contributed by atoms with E-state index in [0.29, 0.717) is 0 Å². The number of fused-ring (bicyclic) bond motifs is 1. The molecule has 1 aliphatic heterocycles. The van der Waals surface area contributed by atoms with Crippen molar-refractivity contribution in [3.05, 3.63) is 17.0 Å². The smallest absolute Gasteiger partial charge is 0.0688 e. The maximum Gasteiger partial charge on any atom is 0.0688 e. The average molecular weight is 177 g/mol. The van der Waals surface area contributed by atoms with Gasteiger partial charge in [-0.3, -0.25) is 5.10 Å². The van der Waals surface area contributed by atoms with Crippen LogP contribution in [0.3, 0.4) is 0 Å². The molecule has 1 saturated carbocycles. The average Bonchev–Trinajstić information content (AvgIpc) is 2.94. The molecule has 3 rings (SSSR count). The maximum absolute atomic E-state index is 4.45. The van der Waals surface area contributed by atoms with Crippen LogP contribution in [0.2, 0.25) is 0 Å². The lowest BCUT2D eigenvalue weighted by Gasteiger charge is -1.98. The van der Waals surface area contributed by atoms with Crippen LogP contribution >= 0.6 is 0 Å². The Labute approximate surface area is 77.9 Å². The third-order valence-electron chi connectivity index (χ3n) is 3.05. The number of H-pyrrole nitrogens is 1. The van der Waals surface area contributed by atoms with Crippen LogP contribution in [0.25, 0.3) is 0 Å². The van der Waals surface area contributed by atoms with Crippen LogP contribution in [0, 0.1) is 0 Å². The number of nitrogens with zero attached hydrogens (tertiary/aromatic N) is 1. The Morgan fingerprint density at radius 2 is 2.00 bits per heavy atom. The quantitative estimate of drug-likeness (QED) is 0.671. The summed E-state index contributed by atoms with van der Waals surface area (Å²) >= 11 is 0. The van der Waals surface area contributed by atoms with E-state index in [0.717, 1.165) is 31.8 Å². The molecular weight excluding hydrogens is 162 g/mol. The highest BCUT2D eigenvalue weighted by atomic mass is 15.1. The first-order valence-corrected chi connectivity index (χ1v) is 5.22. The van der Waals surface area contributed by atoms with Crippen molar-refractivity contribution in [2.24, 2.45) is 0 Å². The van der Waals surface area contributed by atoms with Crippen LogP contribution in [-0.2, 0) is 12.8 Å². The van der Waals surface area contributed by atoms with Crippen LogP contribution in [0.15, 0.2) is 0 Å². The number of hydrogen-bond acceptors (Lipinski definition) is 2. The molecule has 1 aromatic heterocycles. The zero-order valence-electron chi connectivity index (χ0n) is 7.77. The summed E-state index contributed by atoms with van der Waals surface area (Å²) in [6.07, 6.45) is 4.99. The van der Waals surface area contributed by atoms with Crippen LogP contribution in [-0.4, -0.2) is 23.3 Å². The molecule has 0 atom stereocenters. The van der Waals surface area contributed by atoms with E-state index in [1.165, 1.54) is 29.8 Å². The van der Waals surface area contributed by atoms with Crippen molar-refractivity contribution >= 4 is 0 Å². The Balaban J connectivity index is 1.98. The predicted molar refractivity (Wildman–Crippen MR) is 50.8 cm³/mol. The van der Waals surface area contributed by atoms with Crippen molar-refractivity contribution in [2.75, 3.05) is 13.1 Å². The Kier molecular flexibility index (Phi) is 1.65. The second-order valence-electron chi connectivity index (χ2n) is 4.09. The van der Waals surface area contributed by atoms with E-state index >= 15 is 0 Å². The Morgan fingerprint density at radius 3 is 2.85 bits per heavy atom. The van der Waals surface area contributed by atoms with Gasteiger partial charge >= 0.3 is 0 Å². The van der Waals surface area contributed by atoms with Gasteiger partial charge in [-0.05, 0) is 31.4 Å². The zero-order chi connectivity index (χ0) is 8.67. The van der Waals surface area contributed by atoms with Crippen molar-refractivity contribution in [1.29, 1.82) is 0 Å². The van der Waals surface area contributed by atoms with Gasteiger partial charge in [0.15, 0.2) is 0 Å². The van der Waals surface area contributed by atoms with E-state index < -0.39 is 0 Å². The molecule has 2 N–H and O–H groups in total. The topological polar surface area (TPSA) is 40.7 Å². The second-order valence-corrected chi connectivity index (χ2v) is 4.09. The summed E-state index contributed by atoms with van der Waals surface area (Å²) in [6, 6.07) is 0. The van der Waals surface area contributed by atoms with Gasteiger partial charge in [0.25, 0.3) is 0 Å². The lowest BCUT2D eigenvalue weighted by molar-refractivity contribution is 0.699. The van der Waals surface area contributed by atoms with E-state index in [-0.39, 0.29) is 0 Å². The molecule has 2 aliphatic rings. The van der Waals surface area contributed by atoms with Gasteiger partial charge in [-0.25, -0.2) is 0 Å². The highest BCUT2D eigenvalue weighted by molar-refractivity contribution is 5.32. The van der Waals surface area contributed by atoms with E-state index in [1.807, 2.05) is 0 Å². The minimum Gasteiger partial charge on any atom is -0.316 e. The second kappa shape index (κ2) is 2.84. The molecule has 70 valence electrons. The summed E-state index contributed by atoms with van der Waals surface area (Å²) in [5, 5.41) is 11.1. The van der Waals surface area contributed by atoms with Gasteiger partial charge in [0.05, 0.1) is 5.69 Å². The Morgan fingerprint density at radius 1 is 1.15 bits per heavy atom. The summed E-state index contributed by atoms with van der Waals surface area (Å²) in [4.78, 5) is 0. The van der Waals surface area contributed by atoms with Crippen molar-refractivity contribution in [1.82, 2.24) is 15.5 Å². The first-order valence-electron chi connectivity index (χ1n) is 5.22. The minimum absolute atomic E-state index is 0.790. The molecule has 13 heavy (non-hydrogen) atoms. The molecule has 3 nitrogen and oxygen atoms in total. The molecule has 0 spiro atoms. The minimum atomic E-state index is 0.790. The first-order chi connectivity index (χ1) is 6.45. The van der Waals surface area contributed by atoms with Crippen LogP contribution in [0.5, 0.6) is 0 Å². The van der Waals surface area contributed by atoms with Gasteiger partial charge in [0, 0.05) is 24.6 Å². The van der Waals surface area contributed by atoms with Gasteiger partial charge in [-0.1, -0.05) is 0 Å². The molecule has 1 aromatic rings. The van der Waals surface area contributed by atoms with Gasteiger partial charge in [-0.15, -0.1) is 0 Å². The van der Waals surface area contributed by atoms with Gasteiger partial charge < -0.3 is 5.32 Å². The molecule has 1 fully saturated rings. The summed E-state index contributed by atoms with van der Waals surface area (Å²) in [5.41, 5.74) is 4.28. The highest BCUT2D eigenvalue weighted by Crippen LogP contribution is 2.41. The molecule has 0 radical (unpaired) electrons. The van der Waals surface area contributed by atoms with Crippen molar-refractivity contribution in [3.63, 3.8) is 0 Å². The van der Waals surface area contributed by atoms with E-state index in [1.54, 1.807) is 0 Å². The molecule has 2 heterocycles. The Bertz CT molecular complexity index is 312. The molecule has 1 aliphatic carbocycles. The summed E-state index contributed by atoms with van der Waals surface area (Å²) in [5.74, 6) is 0.790. The number of nitrogens with one attached hydrogen (secondary N) is 2. The SMILES string of the molecule is C1Cc2[nH]nc(C3CC3)c2CCN1. The fourth-order valence-electron chi connectivity index (χ4n) is 2.15. The van der Waals surface area contributed by atoms with Crippen LogP contribution in [0.4, 0.5) is 0 Å². The number of aromatic nitrogens is 2. The van der Waals surface area contributed by atoms with E-state index in [4.69, 9.17) is 0 Å². The molecule has 0 aromatic carbocycles. The normalized spacial score (nSPS) is 22.5. The van der Waals surface area contributed by atoms with Gasteiger partial charge in [-0.2, -0.15) is 5.10 Å². The lowest BCUT2D eigenvalue weighted by Crippen LogP contribution is -2.16. The third kappa shape index (κ3) is 1.27. The van der Waals surface area contributed by atoms with E-state index in [2.05, 4.69) is 15.5 Å². The maximum atomic E-state index is 4.45. The van der Waals surface area contributed by atoms with E-state index in [9.17, 15) is 0 Å². The predicted octanol–water partition coefficient (Wildman–Crippen LogP) is 0.975. The number of aromatic amines is 1. The number of hydrogen-bond donors (Lipinski definition) is 2. The molecule has 0 unspecified atom stereocenters. The zero-order valence-corrected chi connectivity index (χ0v) is 7.77. The van der Waals surface area contributed by atoms with Crippen molar-refractivity contribution in [3.8, 4) is 0 Å². The summed E-state index contributed by atoms with van der Waals surface area (Å²) < 4.78 is 0. The largest absolute Gasteiger partial charge is 0.316 e. The molecule has 0 amide bonds.